The second-order valence-electron chi connectivity index (χ2n) is 2.77. The molecule has 13 heavy (non-hydrogen) atoms. The lowest BCUT2D eigenvalue weighted by molar-refractivity contribution is 1.10. The summed E-state index contributed by atoms with van der Waals surface area (Å²) in [5.41, 5.74) is 6.77. The van der Waals surface area contributed by atoms with Gasteiger partial charge >= 0.3 is 0 Å². The van der Waals surface area contributed by atoms with Gasteiger partial charge in [0.15, 0.2) is 0 Å². The fourth-order valence-corrected chi connectivity index (χ4v) is 1.33. The predicted octanol–water partition coefficient (Wildman–Crippen LogP) is 2.26. The van der Waals surface area contributed by atoms with Crippen LogP contribution in [0.25, 0.3) is 0 Å². The lowest BCUT2D eigenvalue weighted by atomic mass is 10.1. The van der Waals surface area contributed by atoms with Crippen LogP contribution in [-0.4, -0.2) is 12.4 Å². The van der Waals surface area contributed by atoms with Gasteiger partial charge in [0, 0.05) is 18.0 Å². The minimum Gasteiger partial charge on any atom is -0.387 e. The Morgan fingerprint density at radius 2 is 2.31 bits per heavy atom. The molecule has 0 aliphatic rings. The molecule has 0 amide bonds. The zero-order valence-electron chi connectivity index (χ0n) is 7.63. The largest absolute Gasteiger partial charge is 0.387 e. The molecule has 0 saturated carbocycles. The summed E-state index contributed by atoms with van der Waals surface area (Å²) in [7, 11) is 0. The maximum absolute atomic E-state index is 5.82. The second-order valence-corrected chi connectivity index (χ2v) is 3.21. The Hall–Kier alpha value is -1.02. The number of nitrogens with zero attached hydrogens (tertiary/aromatic N) is 1. The van der Waals surface area contributed by atoms with Gasteiger partial charge in [0.2, 0.25) is 0 Å². The van der Waals surface area contributed by atoms with Gasteiger partial charge in [0.1, 0.15) is 0 Å². The van der Waals surface area contributed by atoms with Crippen LogP contribution in [0.15, 0.2) is 29.3 Å². The van der Waals surface area contributed by atoms with E-state index in [0.717, 1.165) is 17.1 Å². The van der Waals surface area contributed by atoms with Crippen molar-refractivity contribution in [2.75, 3.05) is 6.54 Å². The van der Waals surface area contributed by atoms with Crippen LogP contribution in [0, 0.1) is 0 Å². The molecule has 1 rings (SSSR count). The lowest BCUT2D eigenvalue weighted by Crippen LogP contribution is -2.15. The summed E-state index contributed by atoms with van der Waals surface area (Å²) in [5.74, 6) is 0.657. The quantitative estimate of drug-likeness (QED) is 0.585. The van der Waals surface area contributed by atoms with Crippen LogP contribution < -0.4 is 5.73 Å². The number of amidine groups is 1. The molecule has 3 heteroatoms. The lowest BCUT2D eigenvalue weighted by Gasteiger charge is -2.00. The van der Waals surface area contributed by atoms with Crippen molar-refractivity contribution in [2.24, 2.45) is 10.7 Å². The molecular weight excluding hydrogens is 184 g/mol. The van der Waals surface area contributed by atoms with Crippen LogP contribution in [0.4, 0.5) is 0 Å². The number of rotatable bonds is 3. The first-order valence-electron chi connectivity index (χ1n) is 4.25. The summed E-state index contributed by atoms with van der Waals surface area (Å²) in [6.07, 6.45) is 0.675. The van der Waals surface area contributed by atoms with Crippen molar-refractivity contribution >= 4 is 17.4 Å². The van der Waals surface area contributed by atoms with Crippen LogP contribution in [0.1, 0.15) is 12.5 Å². The molecule has 1 aromatic rings. The molecule has 2 nitrogen and oxygen atoms in total. The zero-order chi connectivity index (χ0) is 9.68. The van der Waals surface area contributed by atoms with Crippen molar-refractivity contribution in [1.82, 2.24) is 0 Å². The van der Waals surface area contributed by atoms with Gasteiger partial charge in [-0.05, 0) is 24.6 Å². The van der Waals surface area contributed by atoms with E-state index in [1.807, 2.05) is 31.2 Å². The standard InChI is InChI=1S/C10H13ClN2/c1-2-13-10(12)7-8-4-3-5-9(11)6-8/h3-6H,2,7H2,1H3,(H2,12,13). The SMILES string of the molecule is CCN=C(N)Cc1cccc(Cl)c1. The fraction of sp³-hybridized carbons (Fsp3) is 0.300. The maximum Gasteiger partial charge on any atom is 0.0981 e. The number of halogens is 1. The molecule has 0 atom stereocenters. The van der Waals surface area contributed by atoms with E-state index in [1.165, 1.54) is 0 Å². The number of hydrogen-bond donors (Lipinski definition) is 1. The molecule has 0 bridgehead atoms. The molecule has 0 aliphatic carbocycles. The number of hydrogen-bond acceptors (Lipinski definition) is 1. The average Bonchev–Trinajstić information content (AvgIpc) is 2.04. The van der Waals surface area contributed by atoms with Gasteiger partial charge in [0.25, 0.3) is 0 Å². The number of benzene rings is 1. The Bertz CT molecular complexity index is 308. The van der Waals surface area contributed by atoms with Crippen LogP contribution in [-0.2, 0) is 6.42 Å². The predicted molar refractivity (Wildman–Crippen MR) is 57.3 cm³/mol. The van der Waals surface area contributed by atoms with Gasteiger partial charge in [-0.25, -0.2) is 0 Å². The van der Waals surface area contributed by atoms with Crippen molar-refractivity contribution in [3.63, 3.8) is 0 Å². The van der Waals surface area contributed by atoms with E-state index in [0.29, 0.717) is 12.3 Å². The summed E-state index contributed by atoms with van der Waals surface area (Å²) >= 11 is 5.82. The van der Waals surface area contributed by atoms with Gasteiger partial charge in [-0.15, -0.1) is 0 Å². The summed E-state index contributed by atoms with van der Waals surface area (Å²) in [6, 6.07) is 7.65. The van der Waals surface area contributed by atoms with E-state index in [4.69, 9.17) is 17.3 Å². The molecule has 0 unspecified atom stereocenters. The van der Waals surface area contributed by atoms with Crippen molar-refractivity contribution in [2.45, 2.75) is 13.3 Å². The first-order valence-corrected chi connectivity index (χ1v) is 4.63. The first-order chi connectivity index (χ1) is 6.22. The molecule has 0 spiro atoms. The molecule has 2 N–H and O–H groups in total. The summed E-state index contributed by atoms with van der Waals surface area (Å²) < 4.78 is 0. The third-order valence-electron chi connectivity index (χ3n) is 1.64. The van der Waals surface area contributed by atoms with Crippen LogP contribution in [0.3, 0.4) is 0 Å². The molecule has 70 valence electrons. The van der Waals surface area contributed by atoms with Gasteiger partial charge < -0.3 is 5.73 Å². The van der Waals surface area contributed by atoms with E-state index < -0.39 is 0 Å². The molecule has 0 heterocycles. The minimum atomic E-state index is 0.657. The van der Waals surface area contributed by atoms with E-state index in [2.05, 4.69) is 4.99 Å². The van der Waals surface area contributed by atoms with Crippen molar-refractivity contribution in [3.8, 4) is 0 Å². The molecular formula is C10H13ClN2. The summed E-state index contributed by atoms with van der Waals surface area (Å²) in [4.78, 5) is 4.10. The average molecular weight is 197 g/mol. The highest BCUT2D eigenvalue weighted by Gasteiger charge is 1.96. The van der Waals surface area contributed by atoms with E-state index in [9.17, 15) is 0 Å². The number of nitrogens with two attached hydrogens (primary N) is 1. The highest BCUT2D eigenvalue weighted by atomic mass is 35.5. The molecule has 0 saturated heterocycles. The number of aliphatic imine (C=N–C) groups is 1. The normalized spacial score (nSPS) is 11.7. The maximum atomic E-state index is 5.82. The topological polar surface area (TPSA) is 38.4 Å². The highest BCUT2D eigenvalue weighted by molar-refractivity contribution is 6.30. The molecule has 0 radical (unpaired) electrons. The molecule has 1 aromatic carbocycles. The van der Waals surface area contributed by atoms with Crippen LogP contribution in [0.5, 0.6) is 0 Å². The smallest absolute Gasteiger partial charge is 0.0981 e. The van der Waals surface area contributed by atoms with Crippen molar-refractivity contribution in [3.05, 3.63) is 34.9 Å². The van der Waals surface area contributed by atoms with Gasteiger partial charge in [-0.2, -0.15) is 0 Å². The molecule has 0 aromatic heterocycles. The monoisotopic (exact) mass is 196 g/mol. The summed E-state index contributed by atoms with van der Waals surface area (Å²) in [5, 5.41) is 0.738. The van der Waals surface area contributed by atoms with Gasteiger partial charge in [0.05, 0.1) is 5.84 Å². The molecule has 0 aliphatic heterocycles. The van der Waals surface area contributed by atoms with Crippen LogP contribution in [0.2, 0.25) is 5.02 Å². The Labute approximate surface area is 83.4 Å². The highest BCUT2D eigenvalue weighted by Crippen LogP contribution is 2.10. The zero-order valence-corrected chi connectivity index (χ0v) is 8.38. The van der Waals surface area contributed by atoms with Gasteiger partial charge in [-0.1, -0.05) is 23.7 Å². The summed E-state index contributed by atoms with van der Waals surface area (Å²) in [6.45, 7) is 2.69. The third kappa shape index (κ3) is 3.47. The van der Waals surface area contributed by atoms with E-state index >= 15 is 0 Å². The Morgan fingerprint density at radius 3 is 2.92 bits per heavy atom. The first kappa shape index (κ1) is 10.1. The minimum absolute atomic E-state index is 0.657. The Morgan fingerprint density at radius 1 is 1.54 bits per heavy atom. The van der Waals surface area contributed by atoms with E-state index in [1.54, 1.807) is 0 Å². The molecule has 0 fully saturated rings. The Kier molecular flexibility index (Phi) is 3.77. The second kappa shape index (κ2) is 4.87. The van der Waals surface area contributed by atoms with Crippen molar-refractivity contribution in [1.29, 1.82) is 0 Å². The van der Waals surface area contributed by atoms with Crippen LogP contribution >= 0.6 is 11.6 Å². The fourth-order valence-electron chi connectivity index (χ4n) is 1.12. The third-order valence-corrected chi connectivity index (χ3v) is 1.87. The Balaban J connectivity index is 2.69. The van der Waals surface area contributed by atoms with E-state index in [-0.39, 0.29) is 0 Å². The van der Waals surface area contributed by atoms with Gasteiger partial charge in [-0.3, -0.25) is 4.99 Å². The van der Waals surface area contributed by atoms with Crippen molar-refractivity contribution < 1.29 is 0 Å².